The van der Waals surface area contributed by atoms with Crippen molar-refractivity contribution in [2.24, 2.45) is 0 Å². The van der Waals surface area contributed by atoms with Gasteiger partial charge in [0.25, 0.3) is 5.91 Å². The number of carbonyl (C=O) groups excluding carboxylic acids is 2. The van der Waals surface area contributed by atoms with Crippen LogP contribution in [0.5, 0.6) is 0 Å². The molecule has 0 unspecified atom stereocenters. The molecule has 3 aliphatic heterocycles. The second-order valence-electron chi connectivity index (χ2n) is 8.77. The molecule has 3 aromatic rings. The molecule has 34 heavy (non-hydrogen) atoms. The fourth-order valence-corrected chi connectivity index (χ4v) is 7.90. The van der Waals surface area contributed by atoms with Gasteiger partial charge < -0.3 is 9.73 Å². The van der Waals surface area contributed by atoms with Crippen molar-refractivity contribution < 1.29 is 18.4 Å². The lowest BCUT2D eigenvalue weighted by Gasteiger charge is -2.41. The number of nitrogens with zero attached hydrogens (tertiary/aromatic N) is 2. The van der Waals surface area contributed by atoms with Crippen molar-refractivity contribution in [3.8, 4) is 0 Å². The summed E-state index contributed by atoms with van der Waals surface area (Å²) in [5.74, 6) is -0.864. The second-order valence-corrected chi connectivity index (χ2v) is 10.7. The maximum absolute atomic E-state index is 14.6. The number of amides is 2. The van der Waals surface area contributed by atoms with Gasteiger partial charge in [0, 0.05) is 23.7 Å². The molecule has 3 aliphatic rings. The van der Waals surface area contributed by atoms with Gasteiger partial charge in [0.15, 0.2) is 5.54 Å². The number of hydrogen-bond acceptors (Lipinski definition) is 6. The normalized spacial score (nSPS) is 28.4. The molecule has 172 valence electrons. The van der Waals surface area contributed by atoms with Crippen LogP contribution in [0.3, 0.4) is 0 Å². The van der Waals surface area contributed by atoms with Gasteiger partial charge in [-0.3, -0.25) is 19.4 Å². The topological polar surface area (TPSA) is 65.8 Å². The molecule has 6 rings (SSSR count). The molecule has 0 radical (unpaired) electrons. The number of fused-ring (bicyclic) bond motifs is 3. The molecule has 2 amide bonds. The minimum atomic E-state index is -1.44. The van der Waals surface area contributed by atoms with E-state index in [0.717, 1.165) is 5.56 Å². The van der Waals surface area contributed by atoms with E-state index >= 15 is 0 Å². The van der Waals surface area contributed by atoms with E-state index in [-0.39, 0.29) is 24.3 Å². The number of rotatable bonds is 3. The fourth-order valence-electron chi connectivity index (χ4n) is 5.77. The summed E-state index contributed by atoms with van der Waals surface area (Å²) in [6, 6.07) is 17.4. The van der Waals surface area contributed by atoms with Crippen LogP contribution in [0.1, 0.15) is 22.8 Å². The van der Waals surface area contributed by atoms with Crippen LogP contribution in [0.25, 0.3) is 0 Å². The first kappa shape index (κ1) is 21.5. The number of halogens is 1. The van der Waals surface area contributed by atoms with Crippen molar-refractivity contribution in [2.45, 2.75) is 22.7 Å². The highest BCUT2D eigenvalue weighted by Crippen LogP contribution is 2.65. The largest absolute Gasteiger partial charge is 0.467 e. The summed E-state index contributed by atoms with van der Waals surface area (Å²) in [7, 11) is 1.82. The Bertz CT molecular complexity index is 1330. The van der Waals surface area contributed by atoms with Gasteiger partial charge in [-0.1, -0.05) is 54.3 Å². The highest BCUT2D eigenvalue weighted by Gasteiger charge is 2.77. The number of anilines is 1. The number of carbonyl (C=O) groups is 2. The zero-order valence-corrected chi connectivity index (χ0v) is 19.8. The van der Waals surface area contributed by atoms with E-state index in [1.54, 1.807) is 24.5 Å². The molecular weight excluding hydrogens is 473 g/mol. The first-order chi connectivity index (χ1) is 16.4. The summed E-state index contributed by atoms with van der Waals surface area (Å²) in [6.45, 7) is 0.585. The van der Waals surface area contributed by atoms with Crippen LogP contribution in [0.15, 0.2) is 71.3 Å². The van der Waals surface area contributed by atoms with Crippen molar-refractivity contribution in [3.05, 3.63) is 89.6 Å². The predicted octanol–water partition coefficient (Wildman–Crippen LogP) is 4.09. The SMILES string of the molecule is CN1C[C@H](c2ccccc2)[C@]2(SC(=S)N(Cc3ccco3)C2=O)[C@@]12C(=O)Nc1ccc(F)cc12. The number of hydrogen-bond donors (Lipinski definition) is 1. The lowest BCUT2D eigenvalue weighted by Crippen LogP contribution is -2.61. The van der Waals surface area contributed by atoms with Crippen LogP contribution in [-0.4, -0.2) is 44.3 Å². The lowest BCUT2D eigenvalue weighted by atomic mass is 9.72. The number of furan rings is 1. The summed E-state index contributed by atoms with van der Waals surface area (Å²) in [4.78, 5) is 31.7. The van der Waals surface area contributed by atoms with Crippen LogP contribution in [0, 0.1) is 5.82 Å². The Balaban J connectivity index is 1.60. The third-order valence-electron chi connectivity index (χ3n) is 7.13. The quantitative estimate of drug-likeness (QED) is 0.555. The maximum atomic E-state index is 14.6. The molecule has 0 saturated carbocycles. The molecule has 2 spiro atoms. The van der Waals surface area contributed by atoms with Crippen LogP contribution in [0.2, 0.25) is 0 Å². The predicted molar refractivity (Wildman–Crippen MR) is 131 cm³/mol. The Morgan fingerprint density at radius 3 is 2.71 bits per heavy atom. The van der Waals surface area contributed by atoms with Gasteiger partial charge in [0.05, 0.1) is 12.8 Å². The van der Waals surface area contributed by atoms with Crippen LogP contribution < -0.4 is 5.32 Å². The van der Waals surface area contributed by atoms with Gasteiger partial charge in [-0.15, -0.1) is 0 Å². The van der Waals surface area contributed by atoms with Gasteiger partial charge in [-0.05, 0) is 42.9 Å². The van der Waals surface area contributed by atoms with Gasteiger partial charge in [0.2, 0.25) is 5.91 Å². The molecule has 3 atom stereocenters. The average molecular weight is 494 g/mol. The first-order valence-electron chi connectivity index (χ1n) is 10.8. The minimum Gasteiger partial charge on any atom is -0.467 e. The molecular formula is C25H20FN3O3S2. The standard InChI is InChI=1S/C25H20FN3O3S2/c1-28-14-19(15-6-3-2-4-7-15)25(22(31)29(23(33)34-25)13-17-8-5-11-32-17)24(28)18-12-16(26)9-10-20(18)27-21(24)30/h2-12,19H,13-14H2,1H3,(H,27,30)/t19-,24-,25-/m1/s1. The Morgan fingerprint density at radius 1 is 1.18 bits per heavy atom. The Morgan fingerprint density at radius 2 is 1.97 bits per heavy atom. The van der Waals surface area contributed by atoms with Gasteiger partial charge >= 0.3 is 0 Å². The summed E-state index contributed by atoms with van der Waals surface area (Å²) in [5, 5.41) is 2.91. The number of nitrogens with one attached hydrogen (secondary N) is 1. The van der Waals surface area contributed by atoms with Crippen molar-refractivity contribution in [1.29, 1.82) is 0 Å². The Hall–Kier alpha value is -3.01. The van der Waals surface area contributed by atoms with Crippen molar-refractivity contribution in [2.75, 3.05) is 18.9 Å². The molecule has 1 aromatic heterocycles. The van der Waals surface area contributed by atoms with Crippen LogP contribution >= 0.6 is 24.0 Å². The highest BCUT2D eigenvalue weighted by atomic mass is 32.2. The molecule has 1 N–H and O–H groups in total. The molecule has 6 nitrogen and oxygen atoms in total. The number of thiocarbonyl (C=S) groups is 1. The van der Waals surface area contributed by atoms with E-state index in [9.17, 15) is 14.0 Å². The molecule has 2 aromatic carbocycles. The highest BCUT2D eigenvalue weighted by molar-refractivity contribution is 8.25. The molecule has 0 aliphatic carbocycles. The van der Waals surface area contributed by atoms with Gasteiger partial charge in [-0.2, -0.15) is 0 Å². The van der Waals surface area contributed by atoms with Crippen molar-refractivity contribution in [3.63, 3.8) is 0 Å². The average Bonchev–Trinajstić information content (AvgIpc) is 3.56. The number of thioether (sulfide) groups is 1. The Labute approximate surface area is 205 Å². The number of likely N-dealkylation sites (N-methyl/N-ethyl adjacent to an activating group) is 1. The maximum Gasteiger partial charge on any atom is 0.251 e. The van der Waals surface area contributed by atoms with E-state index in [0.29, 0.717) is 27.9 Å². The molecule has 4 heterocycles. The van der Waals surface area contributed by atoms with E-state index in [4.69, 9.17) is 16.6 Å². The minimum absolute atomic E-state index is 0.165. The van der Waals surface area contributed by atoms with Crippen molar-refractivity contribution in [1.82, 2.24) is 9.80 Å². The van der Waals surface area contributed by atoms with Crippen LogP contribution in [-0.2, 0) is 21.7 Å². The smallest absolute Gasteiger partial charge is 0.251 e. The third kappa shape index (κ3) is 2.63. The lowest BCUT2D eigenvalue weighted by molar-refractivity contribution is -0.138. The summed E-state index contributed by atoms with van der Waals surface area (Å²) in [5.41, 5.74) is 0.457. The fraction of sp³-hybridized carbons (Fsp3) is 0.240. The summed E-state index contributed by atoms with van der Waals surface area (Å²) >= 11 is 6.96. The number of likely N-dealkylation sites (tertiary alicyclic amines) is 1. The van der Waals surface area contributed by atoms with E-state index in [1.165, 1.54) is 28.8 Å². The summed E-state index contributed by atoms with van der Waals surface area (Å²) in [6.07, 6.45) is 1.54. The first-order valence-corrected chi connectivity index (χ1v) is 12.1. The van der Waals surface area contributed by atoms with E-state index < -0.39 is 16.1 Å². The van der Waals surface area contributed by atoms with Gasteiger partial charge in [0.1, 0.15) is 20.6 Å². The van der Waals surface area contributed by atoms with Crippen LogP contribution in [0.4, 0.5) is 10.1 Å². The zero-order valence-electron chi connectivity index (χ0n) is 18.2. The second kappa shape index (κ2) is 7.49. The van der Waals surface area contributed by atoms with E-state index in [1.807, 2.05) is 42.3 Å². The van der Waals surface area contributed by atoms with Crippen molar-refractivity contribution >= 4 is 45.8 Å². The molecule has 9 heteroatoms. The number of benzene rings is 2. The Kier molecular flexibility index (Phi) is 4.74. The third-order valence-corrected chi connectivity index (χ3v) is 9.07. The van der Waals surface area contributed by atoms with Gasteiger partial charge in [-0.25, -0.2) is 4.39 Å². The summed E-state index contributed by atoms with van der Waals surface area (Å²) < 4.78 is 19.1. The zero-order chi connectivity index (χ0) is 23.7. The molecule has 0 bridgehead atoms. The monoisotopic (exact) mass is 493 g/mol. The molecule has 2 saturated heterocycles. The molecule has 2 fully saturated rings. The van der Waals surface area contributed by atoms with E-state index in [2.05, 4.69) is 5.32 Å².